The van der Waals surface area contributed by atoms with Crippen molar-refractivity contribution in [2.24, 2.45) is 5.73 Å². The maximum absolute atomic E-state index is 12.0. The normalized spacial score (nSPS) is 14.1. The summed E-state index contributed by atoms with van der Waals surface area (Å²) in [6.07, 6.45) is 5.52. The summed E-state index contributed by atoms with van der Waals surface area (Å²) in [6.45, 7) is 5.71. The van der Waals surface area contributed by atoms with Crippen molar-refractivity contribution in [1.29, 1.82) is 0 Å². The van der Waals surface area contributed by atoms with Gasteiger partial charge in [-0.05, 0) is 46.2 Å². The average molecular weight is 364 g/mol. The van der Waals surface area contributed by atoms with E-state index in [9.17, 15) is 9.90 Å². The maximum Gasteiger partial charge on any atom is 0.306 e. The SMILES string of the molecule is CC(C)(C)OC(=O)CCC(O)(CCN)c1ncc(-c2ncccn2)s1. The van der Waals surface area contributed by atoms with E-state index < -0.39 is 11.2 Å². The van der Waals surface area contributed by atoms with Crippen LogP contribution in [0.1, 0.15) is 45.0 Å². The number of hydrogen-bond donors (Lipinski definition) is 2. The van der Waals surface area contributed by atoms with Gasteiger partial charge < -0.3 is 15.6 Å². The molecule has 0 aromatic carbocycles. The van der Waals surface area contributed by atoms with E-state index in [1.165, 1.54) is 11.3 Å². The van der Waals surface area contributed by atoms with Crippen LogP contribution in [0.4, 0.5) is 0 Å². The van der Waals surface area contributed by atoms with Gasteiger partial charge in [-0.15, -0.1) is 11.3 Å². The zero-order chi connectivity index (χ0) is 18.5. The first kappa shape index (κ1) is 19.4. The van der Waals surface area contributed by atoms with Gasteiger partial charge >= 0.3 is 5.97 Å². The van der Waals surface area contributed by atoms with Gasteiger partial charge in [-0.1, -0.05) is 0 Å². The number of hydrogen-bond acceptors (Lipinski definition) is 8. The largest absolute Gasteiger partial charge is 0.460 e. The molecule has 0 spiro atoms. The average Bonchev–Trinajstić information content (AvgIpc) is 3.03. The molecule has 0 saturated heterocycles. The third-order valence-corrected chi connectivity index (χ3v) is 4.60. The van der Waals surface area contributed by atoms with Crippen LogP contribution in [-0.2, 0) is 15.1 Å². The summed E-state index contributed by atoms with van der Waals surface area (Å²) >= 11 is 1.30. The lowest BCUT2D eigenvalue weighted by Gasteiger charge is -2.26. The van der Waals surface area contributed by atoms with Crippen LogP contribution in [0.15, 0.2) is 24.7 Å². The lowest BCUT2D eigenvalue weighted by Crippen LogP contribution is -2.31. The van der Waals surface area contributed by atoms with Crippen LogP contribution < -0.4 is 5.73 Å². The van der Waals surface area contributed by atoms with E-state index in [0.717, 1.165) is 4.88 Å². The Hall–Kier alpha value is -1.90. The predicted octanol–water partition coefficient (Wildman–Crippen LogP) is 2.26. The molecule has 0 bridgehead atoms. The standard InChI is InChI=1S/C17H24N4O3S/c1-16(2,3)24-13(22)5-6-17(23,7-8-18)15-21-11-12(25-15)14-19-9-4-10-20-14/h4,9-11,23H,5-8,18H2,1-3H3. The van der Waals surface area contributed by atoms with E-state index in [0.29, 0.717) is 17.3 Å². The van der Waals surface area contributed by atoms with Gasteiger partial charge in [-0.25, -0.2) is 15.0 Å². The van der Waals surface area contributed by atoms with E-state index in [4.69, 9.17) is 10.5 Å². The molecule has 7 nitrogen and oxygen atoms in total. The van der Waals surface area contributed by atoms with Crippen molar-refractivity contribution in [2.75, 3.05) is 6.54 Å². The molecule has 0 aliphatic carbocycles. The summed E-state index contributed by atoms with van der Waals surface area (Å²) in [5.41, 5.74) is 3.83. The molecule has 0 saturated carbocycles. The van der Waals surface area contributed by atoms with Crippen LogP contribution in [0, 0.1) is 0 Å². The smallest absolute Gasteiger partial charge is 0.306 e. The first-order chi connectivity index (χ1) is 11.7. The minimum absolute atomic E-state index is 0.0878. The van der Waals surface area contributed by atoms with Gasteiger partial charge in [0.25, 0.3) is 0 Å². The molecule has 2 heterocycles. The number of nitrogens with zero attached hydrogens (tertiary/aromatic N) is 3. The Morgan fingerprint density at radius 3 is 2.52 bits per heavy atom. The fourth-order valence-corrected chi connectivity index (χ4v) is 3.31. The fourth-order valence-electron chi connectivity index (χ4n) is 2.30. The second kappa shape index (κ2) is 7.99. The van der Waals surface area contributed by atoms with E-state index in [2.05, 4.69) is 15.0 Å². The number of esters is 1. The third kappa shape index (κ3) is 5.55. The number of ether oxygens (including phenoxy) is 1. The summed E-state index contributed by atoms with van der Waals surface area (Å²) in [6, 6.07) is 1.73. The van der Waals surface area contributed by atoms with Gasteiger partial charge in [-0.2, -0.15) is 0 Å². The van der Waals surface area contributed by atoms with E-state index in [1.54, 1.807) is 24.7 Å². The third-order valence-electron chi connectivity index (χ3n) is 3.41. The highest BCUT2D eigenvalue weighted by atomic mass is 32.1. The number of rotatable bonds is 7. The number of aromatic nitrogens is 3. The molecule has 25 heavy (non-hydrogen) atoms. The highest BCUT2D eigenvalue weighted by Gasteiger charge is 2.33. The van der Waals surface area contributed by atoms with Crippen molar-refractivity contribution in [3.8, 4) is 10.7 Å². The topological polar surface area (TPSA) is 111 Å². The fraction of sp³-hybridized carbons (Fsp3) is 0.529. The number of nitrogens with two attached hydrogens (primary N) is 1. The van der Waals surface area contributed by atoms with E-state index >= 15 is 0 Å². The molecule has 0 fully saturated rings. The Bertz CT molecular complexity index is 699. The van der Waals surface area contributed by atoms with Crippen LogP contribution in [0.2, 0.25) is 0 Å². The minimum Gasteiger partial charge on any atom is -0.460 e. The van der Waals surface area contributed by atoms with Crippen LogP contribution in [0.25, 0.3) is 10.7 Å². The van der Waals surface area contributed by atoms with Crippen LogP contribution in [0.5, 0.6) is 0 Å². The molecule has 2 aromatic rings. The summed E-state index contributed by atoms with van der Waals surface area (Å²) in [5.74, 6) is 0.194. The van der Waals surface area contributed by atoms with Crippen LogP contribution in [-0.4, -0.2) is 38.2 Å². The Morgan fingerprint density at radius 2 is 1.92 bits per heavy atom. The van der Waals surface area contributed by atoms with Crippen molar-refractivity contribution in [1.82, 2.24) is 15.0 Å². The Morgan fingerprint density at radius 1 is 1.24 bits per heavy atom. The lowest BCUT2D eigenvalue weighted by atomic mass is 9.94. The van der Waals surface area contributed by atoms with Gasteiger partial charge in [0.2, 0.25) is 0 Å². The molecule has 0 aliphatic rings. The van der Waals surface area contributed by atoms with Gasteiger partial charge in [0.1, 0.15) is 16.2 Å². The number of carbonyl (C=O) groups is 1. The second-order valence-electron chi connectivity index (χ2n) is 6.76. The first-order valence-electron chi connectivity index (χ1n) is 8.11. The first-order valence-corrected chi connectivity index (χ1v) is 8.93. The Balaban J connectivity index is 2.13. The Kier molecular flexibility index (Phi) is 6.21. The second-order valence-corrected chi connectivity index (χ2v) is 7.79. The van der Waals surface area contributed by atoms with Crippen molar-refractivity contribution < 1.29 is 14.6 Å². The monoisotopic (exact) mass is 364 g/mol. The molecule has 3 N–H and O–H groups in total. The predicted molar refractivity (Wildman–Crippen MR) is 95.8 cm³/mol. The van der Waals surface area contributed by atoms with Gasteiger partial charge in [0.05, 0.1) is 4.88 Å². The van der Waals surface area contributed by atoms with Crippen molar-refractivity contribution in [3.05, 3.63) is 29.7 Å². The molecule has 2 aromatic heterocycles. The zero-order valence-corrected chi connectivity index (χ0v) is 15.5. The summed E-state index contributed by atoms with van der Waals surface area (Å²) in [4.78, 5) is 25.4. The number of aliphatic hydroxyl groups is 1. The lowest BCUT2D eigenvalue weighted by molar-refractivity contribution is -0.156. The number of thiazole rings is 1. The molecule has 1 unspecified atom stereocenters. The van der Waals surface area contributed by atoms with Gasteiger partial charge in [0, 0.05) is 25.0 Å². The summed E-state index contributed by atoms with van der Waals surface area (Å²) in [5, 5.41) is 11.5. The van der Waals surface area contributed by atoms with Crippen molar-refractivity contribution >= 4 is 17.3 Å². The maximum atomic E-state index is 12.0. The quantitative estimate of drug-likeness (QED) is 0.725. The number of carbonyl (C=O) groups excluding carboxylic acids is 1. The molecular weight excluding hydrogens is 340 g/mol. The molecule has 0 amide bonds. The molecule has 1 atom stereocenters. The van der Waals surface area contributed by atoms with Gasteiger partial charge in [-0.3, -0.25) is 4.79 Å². The molecule has 0 radical (unpaired) electrons. The van der Waals surface area contributed by atoms with E-state index in [-0.39, 0.29) is 25.4 Å². The van der Waals surface area contributed by atoms with Crippen LogP contribution >= 0.6 is 11.3 Å². The summed E-state index contributed by atoms with van der Waals surface area (Å²) in [7, 11) is 0. The van der Waals surface area contributed by atoms with Crippen molar-refractivity contribution in [2.45, 2.75) is 51.2 Å². The summed E-state index contributed by atoms with van der Waals surface area (Å²) < 4.78 is 5.30. The molecule has 8 heteroatoms. The highest BCUT2D eigenvalue weighted by molar-refractivity contribution is 7.15. The van der Waals surface area contributed by atoms with E-state index in [1.807, 2.05) is 20.8 Å². The highest BCUT2D eigenvalue weighted by Crippen LogP contribution is 2.35. The molecule has 136 valence electrons. The minimum atomic E-state index is -1.27. The van der Waals surface area contributed by atoms with Crippen molar-refractivity contribution in [3.63, 3.8) is 0 Å². The zero-order valence-electron chi connectivity index (χ0n) is 14.7. The molecule has 0 aliphatic heterocycles. The molecule has 2 rings (SSSR count). The Labute approximate surface area is 151 Å². The molecular formula is C17H24N4O3S. The van der Waals surface area contributed by atoms with Crippen LogP contribution in [0.3, 0.4) is 0 Å². The van der Waals surface area contributed by atoms with Gasteiger partial charge in [0.15, 0.2) is 5.82 Å².